The molecular weight excluding hydrogens is 367 g/mol. The Morgan fingerprint density at radius 3 is 2.46 bits per heavy atom. The lowest BCUT2D eigenvalue weighted by atomic mass is 10.1. The lowest BCUT2D eigenvalue weighted by Gasteiger charge is -2.20. The first-order valence-corrected chi connectivity index (χ1v) is 9.88. The molecule has 2 amide bonds. The Hall–Kier alpha value is -2.49. The van der Waals surface area contributed by atoms with E-state index < -0.39 is 39.4 Å². The molecule has 2 fully saturated rings. The van der Waals surface area contributed by atoms with Crippen LogP contribution in [0.15, 0.2) is 23.1 Å². The molecule has 8 nitrogen and oxygen atoms in total. The van der Waals surface area contributed by atoms with E-state index in [-0.39, 0.29) is 30.0 Å². The van der Waals surface area contributed by atoms with Crippen LogP contribution in [0.1, 0.15) is 19.3 Å². The SMILES string of the molecule is CS(=O)(=O)c1ccc(N2CC[C@H](C(=O)ON3C(=O)CCC3=O)C2)c(F)c1. The van der Waals surface area contributed by atoms with Crippen molar-refractivity contribution in [3.05, 3.63) is 24.0 Å². The molecule has 2 aliphatic rings. The second-order valence-electron chi connectivity index (χ2n) is 6.31. The molecule has 10 heteroatoms. The monoisotopic (exact) mass is 384 g/mol. The molecule has 26 heavy (non-hydrogen) atoms. The largest absolute Gasteiger partial charge is 0.368 e. The highest BCUT2D eigenvalue weighted by Gasteiger charge is 2.37. The summed E-state index contributed by atoms with van der Waals surface area (Å²) in [6.07, 6.45) is 1.38. The van der Waals surface area contributed by atoms with Crippen LogP contribution >= 0.6 is 0 Å². The van der Waals surface area contributed by atoms with E-state index in [9.17, 15) is 27.2 Å². The predicted octanol–water partition coefficient (Wildman–Crippen LogP) is 0.663. The lowest BCUT2D eigenvalue weighted by Crippen LogP contribution is -2.35. The highest BCUT2D eigenvalue weighted by atomic mass is 32.2. The topological polar surface area (TPSA) is 101 Å². The first kappa shape index (κ1) is 18.3. The fourth-order valence-corrected chi connectivity index (χ4v) is 3.60. The summed E-state index contributed by atoms with van der Waals surface area (Å²) in [6.45, 7) is 0.501. The molecule has 1 aromatic carbocycles. The third kappa shape index (κ3) is 3.55. The molecule has 3 rings (SSSR count). The average Bonchev–Trinajstić information content (AvgIpc) is 3.16. The van der Waals surface area contributed by atoms with Crippen molar-refractivity contribution in [2.24, 2.45) is 5.92 Å². The van der Waals surface area contributed by atoms with Gasteiger partial charge in [0.15, 0.2) is 9.84 Å². The minimum Gasteiger partial charge on any atom is -0.368 e. The van der Waals surface area contributed by atoms with Crippen LogP contribution in [0, 0.1) is 11.7 Å². The number of imide groups is 1. The number of amides is 2. The zero-order chi connectivity index (χ0) is 19.1. The first-order chi connectivity index (χ1) is 12.2. The maximum absolute atomic E-state index is 14.3. The van der Waals surface area contributed by atoms with E-state index in [0.717, 1.165) is 12.3 Å². The number of rotatable bonds is 4. The molecule has 2 saturated heterocycles. The second-order valence-corrected chi connectivity index (χ2v) is 8.32. The maximum Gasteiger partial charge on any atom is 0.338 e. The average molecular weight is 384 g/mol. The molecule has 0 saturated carbocycles. The number of carbonyl (C=O) groups is 3. The number of hydrogen-bond acceptors (Lipinski definition) is 7. The Bertz CT molecular complexity index is 869. The van der Waals surface area contributed by atoms with Crippen LogP contribution in [0.2, 0.25) is 0 Å². The smallest absolute Gasteiger partial charge is 0.338 e. The van der Waals surface area contributed by atoms with Crippen LogP contribution in [0.3, 0.4) is 0 Å². The van der Waals surface area contributed by atoms with Crippen molar-refractivity contribution in [3.63, 3.8) is 0 Å². The van der Waals surface area contributed by atoms with Gasteiger partial charge in [0.1, 0.15) is 5.82 Å². The number of hydrogen-bond donors (Lipinski definition) is 0. The Balaban J connectivity index is 1.68. The molecule has 0 bridgehead atoms. The molecule has 140 valence electrons. The zero-order valence-electron chi connectivity index (χ0n) is 14.0. The second kappa shape index (κ2) is 6.67. The molecule has 0 radical (unpaired) electrons. The van der Waals surface area contributed by atoms with E-state index in [2.05, 4.69) is 0 Å². The van der Waals surface area contributed by atoms with Crippen molar-refractivity contribution >= 4 is 33.3 Å². The van der Waals surface area contributed by atoms with Crippen LogP contribution in [0.25, 0.3) is 0 Å². The molecule has 0 aromatic heterocycles. The van der Waals surface area contributed by atoms with E-state index in [0.29, 0.717) is 18.0 Å². The highest BCUT2D eigenvalue weighted by Crippen LogP contribution is 2.29. The van der Waals surface area contributed by atoms with Gasteiger partial charge in [-0.1, -0.05) is 0 Å². The number of sulfone groups is 1. The highest BCUT2D eigenvalue weighted by molar-refractivity contribution is 7.90. The molecular formula is C16H17FN2O6S. The molecule has 0 N–H and O–H groups in total. The molecule has 0 spiro atoms. The molecule has 1 aromatic rings. The molecule has 1 atom stereocenters. The summed E-state index contributed by atoms with van der Waals surface area (Å²) in [5.41, 5.74) is 0.182. The number of hydroxylamine groups is 2. The summed E-state index contributed by atoms with van der Waals surface area (Å²) in [4.78, 5) is 41.5. The number of nitrogens with zero attached hydrogens (tertiary/aromatic N) is 2. The van der Waals surface area contributed by atoms with Crippen LogP contribution in [0.4, 0.5) is 10.1 Å². The van der Waals surface area contributed by atoms with Crippen LogP contribution in [0.5, 0.6) is 0 Å². The summed E-state index contributed by atoms with van der Waals surface area (Å²) >= 11 is 0. The van der Waals surface area contributed by atoms with Gasteiger partial charge in [0, 0.05) is 32.2 Å². The van der Waals surface area contributed by atoms with E-state index in [4.69, 9.17) is 4.84 Å². The van der Waals surface area contributed by atoms with E-state index >= 15 is 0 Å². The zero-order valence-corrected chi connectivity index (χ0v) is 14.8. The van der Waals surface area contributed by atoms with Gasteiger partial charge in [-0.2, -0.15) is 0 Å². The van der Waals surface area contributed by atoms with E-state index in [1.807, 2.05) is 0 Å². The number of carbonyl (C=O) groups excluding carboxylic acids is 3. The number of benzene rings is 1. The predicted molar refractivity (Wildman–Crippen MR) is 87.0 cm³/mol. The van der Waals surface area contributed by atoms with Crippen LogP contribution in [-0.4, -0.2) is 50.6 Å². The van der Waals surface area contributed by atoms with Gasteiger partial charge in [0.25, 0.3) is 11.8 Å². The Morgan fingerprint density at radius 2 is 1.88 bits per heavy atom. The van der Waals surface area contributed by atoms with Crippen molar-refractivity contribution in [1.82, 2.24) is 5.06 Å². The van der Waals surface area contributed by atoms with Crippen molar-refractivity contribution in [2.75, 3.05) is 24.2 Å². The maximum atomic E-state index is 14.3. The fourth-order valence-electron chi connectivity index (χ4n) is 2.97. The van der Waals surface area contributed by atoms with Crippen LogP contribution < -0.4 is 4.90 Å². The van der Waals surface area contributed by atoms with Gasteiger partial charge >= 0.3 is 5.97 Å². The fraction of sp³-hybridized carbons (Fsp3) is 0.438. The summed E-state index contributed by atoms with van der Waals surface area (Å²) in [7, 11) is -3.52. The molecule has 2 heterocycles. The number of anilines is 1. The molecule has 0 aliphatic carbocycles. The summed E-state index contributed by atoms with van der Waals surface area (Å²) < 4.78 is 37.2. The van der Waals surface area contributed by atoms with Gasteiger partial charge in [0.05, 0.1) is 16.5 Å². The van der Waals surface area contributed by atoms with Crippen molar-refractivity contribution in [3.8, 4) is 0 Å². The normalized spacial score (nSPS) is 20.8. The Labute approximate surface area is 149 Å². The first-order valence-electron chi connectivity index (χ1n) is 7.99. The van der Waals surface area contributed by atoms with Crippen molar-refractivity contribution in [2.45, 2.75) is 24.2 Å². The van der Waals surface area contributed by atoms with Crippen molar-refractivity contribution in [1.29, 1.82) is 0 Å². The summed E-state index contributed by atoms with van der Waals surface area (Å²) in [6, 6.07) is 3.60. The minimum absolute atomic E-state index is 0.0147. The van der Waals surface area contributed by atoms with Gasteiger partial charge in [-0.05, 0) is 24.6 Å². The lowest BCUT2D eigenvalue weighted by molar-refractivity contribution is -0.200. The van der Waals surface area contributed by atoms with Crippen molar-refractivity contribution < 1.29 is 32.0 Å². The van der Waals surface area contributed by atoms with E-state index in [1.54, 1.807) is 4.90 Å². The van der Waals surface area contributed by atoms with Gasteiger partial charge in [-0.25, -0.2) is 17.6 Å². The Kier molecular flexibility index (Phi) is 4.70. The molecule has 2 aliphatic heterocycles. The Morgan fingerprint density at radius 1 is 1.23 bits per heavy atom. The van der Waals surface area contributed by atoms with Gasteiger partial charge in [-0.3, -0.25) is 9.59 Å². The third-order valence-electron chi connectivity index (χ3n) is 4.40. The summed E-state index contributed by atoms with van der Waals surface area (Å²) in [5, 5.41) is 0.493. The number of halogens is 1. The van der Waals surface area contributed by atoms with Gasteiger partial charge in [0.2, 0.25) is 0 Å². The van der Waals surface area contributed by atoms with E-state index in [1.165, 1.54) is 12.1 Å². The minimum atomic E-state index is -3.52. The quantitative estimate of drug-likeness (QED) is 0.703. The van der Waals surface area contributed by atoms with Gasteiger partial charge in [-0.15, -0.1) is 5.06 Å². The summed E-state index contributed by atoms with van der Waals surface area (Å²) in [5.74, 6) is -3.15. The third-order valence-corrected chi connectivity index (χ3v) is 5.51. The van der Waals surface area contributed by atoms with Crippen LogP contribution in [-0.2, 0) is 29.1 Å². The standard InChI is InChI=1S/C16H17FN2O6S/c1-26(23,24)11-2-3-13(12(17)8-11)18-7-6-10(9-18)16(22)25-19-14(20)4-5-15(19)21/h2-3,8,10H,4-7,9H2,1H3/t10-/m0/s1. The van der Waals surface area contributed by atoms with Gasteiger partial charge < -0.3 is 9.74 Å². The molecule has 0 unspecified atom stereocenters.